The Labute approximate surface area is 91.1 Å². The number of aliphatic hydroxyl groups excluding tert-OH is 1. The van der Waals surface area contributed by atoms with E-state index in [1.807, 2.05) is 6.92 Å². The van der Waals surface area contributed by atoms with E-state index in [1.165, 1.54) is 24.0 Å². The molecule has 2 nitrogen and oxygen atoms in total. The first-order chi connectivity index (χ1) is 7.11. The van der Waals surface area contributed by atoms with Crippen LogP contribution in [-0.2, 0) is 6.42 Å². The number of benzene rings is 1. The predicted octanol–water partition coefficient (Wildman–Crippen LogP) is 1.82. The average molecular weight is 205 g/mol. The second kappa shape index (κ2) is 3.95. The van der Waals surface area contributed by atoms with E-state index in [0.717, 1.165) is 12.3 Å². The number of hydrogen-bond acceptors (Lipinski definition) is 2. The second-order valence-corrected chi connectivity index (χ2v) is 5.00. The van der Waals surface area contributed by atoms with Crippen LogP contribution in [0.5, 0.6) is 0 Å². The topological polar surface area (TPSA) is 46.2 Å². The Morgan fingerprint density at radius 1 is 1.33 bits per heavy atom. The zero-order chi connectivity index (χ0) is 10.9. The highest BCUT2D eigenvalue weighted by molar-refractivity contribution is 5.28. The van der Waals surface area contributed by atoms with Crippen molar-refractivity contribution in [3.63, 3.8) is 0 Å². The summed E-state index contributed by atoms with van der Waals surface area (Å²) in [5.41, 5.74) is 8.06. The van der Waals surface area contributed by atoms with E-state index in [1.54, 1.807) is 0 Å². The summed E-state index contributed by atoms with van der Waals surface area (Å²) >= 11 is 0. The summed E-state index contributed by atoms with van der Waals surface area (Å²) < 4.78 is 0. The molecule has 0 saturated heterocycles. The molecule has 1 aromatic rings. The summed E-state index contributed by atoms with van der Waals surface area (Å²) in [4.78, 5) is 0. The zero-order valence-corrected chi connectivity index (χ0v) is 9.24. The van der Waals surface area contributed by atoms with Crippen LogP contribution in [0.4, 0.5) is 0 Å². The van der Waals surface area contributed by atoms with Crippen LogP contribution in [-0.4, -0.2) is 17.3 Å². The lowest BCUT2D eigenvalue weighted by atomic mass is 9.94. The van der Waals surface area contributed by atoms with Crippen molar-refractivity contribution in [1.82, 2.24) is 0 Å². The molecule has 0 heterocycles. The monoisotopic (exact) mass is 205 g/mol. The Morgan fingerprint density at radius 3 is 2.40 bits per heavy atom. The molecule has 1 saturated carbocycles. The van der Waals surface area contributed by atoms with Crippen LogP contribution in [0.25, 0.3) is 0 Å². The third-order valence-electron chi connectivity index (χ3n) is 3.00. The zero-order valence-electron chi connectivity index (χ0n) is 9.24. The van der Waals surface area contributed by atoms with Crippen molar-refractivity contribution in [3.05, 3.63) is 35.4 Å². The van der Waals surface area contributed by atoms with Crippen LogP contribution < -0.4 is 5.73 Å². The molecule has 3 N–H and O–H groups in total. The van der Waals surface area contributed by atoms with Crippen molar-refractivity contribution in [3.8, 4) is 0 Å². The van der Waals surface area contributed by atoms with Crippen molar-refractivity contribution in [2.24, 2.45) is 5.73 Å². The van der Waals surface area contributed by atoms with E-state index in [4.69, 9.17) is 10.8 Å². The number of aliphatic hydroxyl groups is 1. The molecule has 82 valence electrons. The lowest BCUT2D eigenvalue weighted by Gasteiger charge is -2.21. The maximum atomic E-state index is 9.08. The van der Waals surface area contributed by atoms with Gasteiger partial charge in [0.15, 0.2) is 0 Å². The largest absolute Gasteiger partial charge is 0.394 e. The third kappa shape index (κ3) is 2.80. The molecule has 0 aromatic heterocycles. The van der Waals surface area contributed by atoms with Gasteiger partial charge >= 0.3 is 0 Å². The Morgan fingerprint density at radius 2 is 1.93 bits per heavy atom. The molecule has 1 atom stereocenters. The van der Waals surface area contributed by atoms with Crippen LogP contribution in [0.15, 0.2) is 24.3 Å². The van der Waals surface area contributed by atoms with Crippen molar-refractivity contribution < 1.29 is 5.11 Å². The van der Waals surface area contributed by atoms with Gasteiger partial charge in [-0.3, -0.25) is 0 Å². The molecule has 0 radical (unpaired) electrons. The summed E-state index contributed by atoms with van der Waals surface area (Å²) in [5, 5.41) is 9.08. The number of rotatable bonds is 4. The highest BCUT2D eigenvalue weighted by Gasteiger charge is 2.23. The van der Waals surface area contributed by atoms with E-state index in [-0.39, 0.29) is 6.61 Å². The predicted molar refractivity (Wildman–Crippen MR) is 61.8 cm³/mol. The highest BCUT2D eigenvalue weighted by atomic mass is 16.3. The summed E-state index contributed by atoms with van der Waals surface area (Å²) in [6.07, 6.45) is 3.41. The van der Waals surface area contributed by atoms with Gasteiger partial charge in [0.25, 0.3) is 0 Å². The van der Waals surface area contributed by atoms with Gasteiger partial charge in [-0.15, -0.1) is 0 Å². The molecule has 0 aliphatic heterocycles. The maximum absolute atomic E-state index is 9.08. The molecule has 0 spiro atoms. The molecular weight excluding hydrogens is 186 g/mol. The standard InChI is InChI=1S/C13H19NO/c1-13(14,9-15)8-10-2-4-11(5-3-10)12-6-7-12/h2-5,12,15H,6-9,14H2,1H3. The minimum absolute atomic E-state index is 0.0252. The van der Waals surface area contributed by atoms with Gasteiger partial charge in [0.1, 0.15) is 0 Å². The summed E-state index contributed by atoms with van der Waals surface area (Å²) in [6.45, 7) is 1.90. The minimum atomic E-state index is -0.499. The van der Waals surface area contributed by atoms with Gasteiger partial charge in [0.2, 0.25) is 0 Å². The van der Waals surface area contributed by atoms with Gasteiger partial charge in [-0.1, -0.05) is 24.3 Å². The number of nitrogens with two attached hydrogens (primary N) is 1. The first kappa shape index (κ1) is 10.7. The lowest BCUT2D eigenvalue weighted by Crippen LogP contribution is -2.42. The minimum Gasteiger partial charge on any atom is -0.394 e. The molecule has 1 aliphatic carbocycles. The van der Waals surface area contributed by atoms with E-state index in [9.17, 15) is 0 Å². The van der Waals surface area contributed by atoms with Gasteiger partial charge in [-0.05, 0) is 43.2 Å². The molecule has 1 aliphatic rings. The second-order valence-electron chi connectivity index (χ2n) is 5.00. The van der Waals surface area contributed by atoms with E-state index in [2.05, 4.69) is 24.3 Å². The van der Waals surface area contributed by atoms with Crippen LogP contribution in [0.3, 0.4) is 0 Å². The van der Waals surface area contributed by atoms with Gasteiger partial charge in [-0.2, -0.15) is 0 Å². The SMILES string of the molecule is CC(N)(CO)Cc1ccc(C2CC2)cc1. The summed E-state index contributed by atoms with van der Waals surface area (Å²) in [6, 6.07) is 8.66. The lowest BCUT2D eigenvalue weighted by molar-refractivity contribution is 0.208. The quantitative estimate of drug-likeness (QED) is 0.787. The molecular formula is C13H19NO. The molecule has 1 fully saturated rings. The Bertz CT molecular complexity index is 325. The molecule has 2 rings (SSSR count). The molecule has 0 amide bonds. The average Bonchev–Trinajstić information content (AvgIpc) is 3.02. The normalized spacial score (nSPS) is 19.9. The molecule has 1 aromatic carbocycles. The summed E-state index contributed by atoms with van der Waals surface area (Å²) in [5.74, 6) is 0.807. The fourth-order valence-corrected chi connectivity index (χ4v) is 1.85. The Kier molecular flexibility index (Phi) is 2.81. The van der Waals surface area contributed by atoms with Crippen LogP contribution >= 0.6 is 0 Å². The molecule has 2 heteroatoms. The smallest absolute Gasteiger partial charge is 0.0611 e. The van der Waals surface area contributed by atoms with Crippen molar-refractivity contribution >= 4 is 0 Å². The first-order valence-corrected chi connectivity index (χ1v) is 5.59. The van der Waals surface area contributed by atoms with E-state index < -0.39 is 5.54 Å². The van der Waals surface area contributed by atoms with Crippen molar-refractivity contribution in [2.75, 3.05) is 6.61 Å². The fourth-order valence-electron chi connectivity index (χ4n) is 1.85. The molecule has 1 unspecified atom stereocenters. The summed E-state index contributed by atoms with van der Waals surface area (Å²) in [7, 11) is 0. The molecule has 0 bridgehead atoms. The van der Waals surface area contributed by atoms with Crippen molar-refractivity contribution in [1.29, 1.82) is 0 Å². The van der Waals surface area contributed by atoms with Crippen molar-refractivity contribution in [2.45, 2.75) is 37.6 Å². The van der Waals surface area contributed by atoms with Crippen LogP contribution in [0.2, 0.25) is 0 Å². The van der Waals surface area contributed by atoms with Crippen LogP contribution in [0, 0.1) is 0 Å². The van der Waals surface area contributed by atoms with Gasteiger partial charge in [-0.25, -0.2) is 0 Å². The molecule has 15 heavy (non-hydrogen) atoms. The van der Waals surface area contributed by atoms with E-state index >= 15 is 0 Å². The Hall–Kier alpha value is -0.860. The van der Waals surface area contributed by atoms with Gasteiger partial charge < -0.3 is 10.8 Å². The number of hydrogen-bond donors (Lipinski definition) is 2. The van der Waals surface area contributed by atoms with Crippen LogP contribution in [0.1, 0.15) is 36.8 Å². The fraction of sp³-hybridized carbons (Fsp3) is 0.538. The first-order valence-electron chi connectivity index (χ1n) is 5.59. The Balaban J connectivity index is 2.03. The van der Waals surface area contributed by atoms with E-state index in [0.29, 0.717) is 0 Å². The third-order valence-corrected chi connectivity index (χ3v) is 3.00. The maximum Gasteiger partial charge on any atom is 0.0611 e. The van der Waals surface area contributed by atoms with Gasteiger partial charge in [0.05, 0.1) is 6.61 Å². The highest BCUT2D eigenvalue weighted by Crippen LogP contribution is 2.39. The van der Waals surface area contributed by atoms with Gasteiger partial charge in [0, 0.05) is 5.54 Å².